The van der Waals surface area contributed by atoms with Crippen molar-refractivity contribution in [2.75, 3.05) is 27.2 Å². The molecule has 3 nitrogen and oxygen atoms in total. The van der Waals surface area contributed by atoms with Gasteiger partial charge in [0.25, 0.3) is 5.91 Å². The van der Waals surface area contributed by atoms with Crippen molar-refractivity contribution in [2.45, 2.75) is 25.8 Å². The molecule has 24 heavy (non-hydrogen) atoms. The molecule has 0 aromatic heterocycles. The van der Waals surface area contributed by atoms with E-state index in [1.54, 1.807) is 4.90 Å². The van der Waals surface area contributed by atoms with Gasteiger partial charge in [-0.25, -0.2) is 0 Å². The maximum Gasteiger partial charge on any atom is 0.253 e. The number of likely N-dealkylation sites (tertiary alicyclic amines) is 1. The summed E-state index contributed by atoms with van der Waals surface area (Å²) in [5.41, 5.74) is 4.21. The predicted molar refractivity (Wildman–Crippen MR) is 99.0 cm³/mol. The van der Waals surface area contributed by atoms with E-state index < -0.39 is 0 Å². The molecule has 0 radical (unpaired) electrons. The van der Waals surface area contributed by atoms with Crippen LogP contribution in [0.25, 0.3) is 11.1 Å². The molecule has 3 heteroatoms. The van der Waals surface area contributed by atoms with Gasteiger partial charge in [-0.2, -0.15) is 0 Å². The average molecular weight is 322 g/mol. The third kappa shape index (κ3) is 3.85. The van der Waals surface area contributed by atoms with Gasteiger partial charge in [-0.15, -0.1) is 0 Å². The van der Waals surface area contributed by atoms with Crippen LogP contribution in [0.2, 0.25) is 0 Å². The minimum absolute atomic E-state index is 0.0831. The molecule has 0 saturated carbocycles. The van der Waals surface area contributed by atoms with Gasteiger partial charge in [-0.05, 0) is 48.7 Å². The van der Waals surface area contributed by atoms with Gasteiger partial charge in [0.15, 0.2) is 0 Å². The second kappa shape index (κ2) is 7.63. The van der Waals surface area contributed by atoms with Crippen LogP contribution < -0.4 is 0 Å². The van der Waals surface area contributed by atoms with Gasteiger partial charge in [0.2, 0.25) is 0 Å². The van der Waals surface area contributed by atoms with E-state index in [1.807, 2.05) is 32.3 Å². The molecule has 126 valence electrons. The number of amides is 1. The maximum absolute atomic E-state index is 12.7. The lowest BCUT2D eigenvalue weighted by atomic mass is 9.97. The molecule has 0 aliphatic carbocycles. The Morgan fingerprint density at radius 1 is 0.958 bits per heavy atom. The molecule has 1 aliphatic heterocycles. The lowest BCUT2D eigenvalue weighted by molar-refractivity contribution is 0.0825. The predicted octanol–water partition coefficient (Wildman–Crippen LogP) is 4.04. The molecule has 1 heterocycles. The van der Waals surface area contributed by atoms with Gasteiger partial charge in [0.1, 0.15) is 0 Å². The Morgan fingerprint density at radius 2 is 1.67 bits per heavy atom. The van der Waals surface area contributed by atoms with Crippen molar-refractivity contribution in [1.82, 2.24) is 9.80 Å². The quantitative estimate of drug-likeness (QED) is 0.848. The summed E-state index contributed by atoms with van der Waals surface area (Å²) in [6.07, 6.45) is 3.85. The molecule has 0 spiro atoms. The highest BCUT2D eigenvalue weighted by atomic mass is 16.2. The molecular formula is C21H26N2O. The van der Waals surface area contributed by atoms with Crippen molar-refractivity contribution < 1.29 is 4.79 Å². The SMILES string of the molecule is CN(C)C(=O)c1cc(-c2ccccc2)ccc1CN1CCCCC1. The van der Waals surface area contributed by atoms with Crippen molar-refractivity contribution in [3.8, 4) is 11.1 Å². The van der Waals surface area contributed by atoms with Crippen molar-refractivity contribution >= 4 is 5.91 Å². The molecule has 2 aromatic carbocycles. The monoisotopic (exact) mass is 322 g/mol. The molecule has 0 bridgehead atoms. The molecule has 0 unspecified atom stereocenters. The normalized spacial score (nSPS) is 15.2. The number of rotatable bonds is 4. The second-order valence-electron chi connectivity index (χ2n) is 6.77. The van der Waals surface area contributed by atoms with E-state index in [1.165, 1.54) is 19.3 Å². The summed E-state index contributed by atoms with van der Waals surface area (Å²) in [5.74, 6) is 0.0831. The first-order valence-electron chi connectivity index (χ1n) is 8.77. The molecule has 0 atom stereocenters. The first kappa shape index (κ1) is 16.7. The summed E-state index contributed by atoms with van der Waals surface area (Å²) in [7, 11) is 3.64. The zero-order valence-electron chi connectivity index (χ0n) is 14.7. The van der Waals surface area contributed by atoms with Gasteiger partial charge >= 0.3 is 0 Å². The minimum Gasteiger partial charge on any atom is -0.345 e. The van der Waals surface area contributed by atoms with E-state index in [2.05, 4.69) is 35.2 Å². The standard InChI is InChI=1S/C21H26N2O/c1-22(2)21(24)20-15-18(17-9-5-3-6-10-17)11-12-19(20)16-23-13-7-4-8-14-23/h3,5-6,9-12,15H,4,7-8,13-14,16H2,1-2H3. The molecular weight excluding hydrogens is 296 g/mol. The second-order valence-corrected chi connectivity index (χ2v) is 6.77. The number of nitrogens with zero attached hydrogens (tertiary/aromatic N) is 2. The van der Waals surface area contributed by atoms with Gasteiger partial charge in [0.05, 0.1) is 0 Å². The smallest absolute Gasteiger partial charge is 0.253 e. The van der Waals surface area contributed by atoms with Gasteiger partial charge < -0.3 is 4.90 Å². The first-order chi connectivity index (χ1) is 11.6. The molecule has 1 saturated heterocycles. The Bertz CT molecular complexity index is 688. The highest BCUT2D eigenvalue weighted by Gasteiger charge is 2.18. The van der Waals surface area contributed by atoms with Crippen LogP contribution in [0.15, 0.2) is 48.5 Å². The van der Waals surface area contributed by atoms with Gasteiger partial charge in [-0.3, -0.25) is 9.69 Å². The van der Waals surface area contributed by atoms with Crippen LogP contribution in [-0.4, -0.2) is 42.9 Å². The van der Waals surface area contributed by atoms with Crippen LogP contribution in [0.1, 0.15) is 35.2 Å². The fourth-order valence-electron chi connectivity index (χ4n) is 3.32. The maximum atomic E-state index is 12.7. The van der Waals surface area contributed by atoms with Gasteiger partial charge in [0, 0.05) is 26.2 Å². The highest BCUT2D eigenvalue weighted by Crippen LogP contribution is 2.25. The molecule has 1 fully saturated rings. The lowest BCUT2D eigenvalue weighted by Gasteiger charge is -2.27. The Morgan fingerprint density at radius 3 is 2.33 bits per heavy atom. The summed E-state index contributed by atoms with van der Waals surface area (Å²) in [6.45, 7) is 3.13. The summed E-state index contributed by atoms with van der Waals surface area (Å²) >= 11 is 0. The molecule has 2 aromatic rings. The van der Waals surface area contributed by atoms with Crippen LogP contribution in [0.3, 0.4) is 0 Å². The van der Waals surface area contributed by atoms with E-state index in [4.69, 9.17) is 0 Å². The zero-order valence-corrected chi connectivity index (χ0v) is 14.7. The van der Waals surface area contributed by atoms with E-state index in [0.29, 0.717) is 0 Å². The van der Waals surface area contributed by atoms with E-state index in [9.17, 15) is 4.79 Å². The Kier molecular flexibility index (Phi) is 5.31. The molecule has 0 N–H and O–H groups in total. The van der Waals surface area contributed by atoms with Crippen molar-refractivity contribution in [1.29, 1.82) is 0 Å². The van der Waals surface area contributed by atoms with Gasteiger partial charge in [-0.1, -0.05) is 48.9 Å². The third-order valence-corrected chi connectivity index (χ3v) is 4.70. The summed E-state index contributed by atoms with van der Waals surface area (Å²) in [6, 6.07) is 16.6. The number of carbonyl (C=O) groups is 1. The zero-order chi connectivity index (χ0) is 16.9. The molecule has 1 aliphatic rings. The first-order valence-corrected chi connectivity index (χ1v) is 8.77. The Balaban J connectivity index is 1.93. The van der Waals surface area contributed by atoms with Crippen LogP contribution in [-0.2, 0) is 6.54 Å². The fraction of sp³-hybridized carbons (Fsp3) is 0.381. The average Bonchev–Trinajstić information content (AvgIpc) is 2.63. The van der Waals surface area contributed by atoms with E-state index >= 15 is 0 Å². The number of hydrogen-bond donors (Lipinski definition) is 0. The highest BCUT2D eigenvalue weighted by molar-refractivity contribution is 5.96. The third-order valence-electron chi connectivity index (χ3n) is 4.70. The largest absolute Gasteiger partial charge is 0.345 e. The van der Waals surface area contributed by atoms with Crippen molar-refractivity contribution in [2.24, 2.45) is 0 Å². The Labute approximate surface area is 144 Å². The summed E-state index contributed by atoms with van der Waals surface area (Å²) < 4.78 is 0. The number of hydrogen-bond acceptors (Lipinski definition) is 2. The van der Waals surface area contributed by atoms with Crippen molar-refractivity contribution in [3.05, 3.63) is 59.7 Å². The van der Waals surface area contributed by atoms with Crippen molar-refractivity contribution in [3.63, 3.8) is 0 Å². The number of carbonyl (C=O) groups excluding carboxylic acids is 1. The summed E-state index contributed by atoms with van der Waals surface area (Å²) in [4.78, 5) is 16.8. The Hall–Kier alpha value is -2.13. The molecule has 1 amide bonds. The number of piperidine rings is 1. The minimum atomic E-state index is 0.0831. The molecule has 3 rings (SSSR count). The van der Waals surface area contributed by atoms with E-state index in [0.717, 1.165) is 41.9 Å². The van der Waals surface area contributed by atoms with Crippen LogP contribution in [0.4, 0.5) is 0 Å². The van der Waals surface area contributed by atoms with Crippen LogP contribution in [0, 0.1) is 0 Å². The topological polar surface area (TPSA) is 23.6 Å². The fourth-order valence-corrected chi connectivity index (χ4v) is 3.32. The summed E-state index contributed by atoms with van der Waals surface area (Å²) in [5, 5.41) is 0. The lowest BCUT2D eigenvalue weighted by Crippen LogP contribution is -2.31. The van der Waals surface area contributed by atoms with Crippen LogP contribution in [0.5, 0.6) is 0 Å². The van der Waals surface area contributed by atoms with Crippen LogP contribution >= 0.6 is 0 Å². The van der Waals surface area contributed by atoms with E-state index in [-0.39, 0.29) is 5.91 Å². The number of benzene rings is 2.